The van der Waals surface area contributed by atoms with Crippen LogP contribution in [-0.4, -0.2) is 24.0 Å². The maximum absolute atomic E-state index is 12.6. The number of benzene rings is 1. The van der Waals surface area contributed by atoms with Crippen LogP contribution in [0.3, 0.4) is 0 Å². The summed E-state index contributed by atoms with van der Waals surface area (Å²) in [5.41, 5.74) is 2.54. The summed E-state index contributed by atoms with van der Waals surface area (Å²) in [6.45, 7) is 3.07. The summed E-state index contributed by atoms with van der Waals surface area (Å²) in [5, 5.41) is 6.71. The van der Waals surface area contributed by atoms with Gasteiger partial charge in [0.1, 0.15) is 0 Å². The second kappa shape index (κ2) is 5.57. The monoisotopic (exact) mass is 272 g/mol. The zero-order valence-electron chi connectivity index (χ0n) is 12.2. The Bertz CT molecular complexity index is 492. The molecule has 0 aromatic heterocycles. The normalized spacial score (nSPS) is 28.9. The molecule has 1 heterocycles. The lowest BCUT2D eigenvalue weighted by atomic mass is 9.87. The van der Waals surface area contributed by atoms with Crippen molar-refractivity contribution in [3.05, 3.63) is 35.4 Å². The topological polar surface area (TPSA) is 41.1 Å². The molecule has 20 heavy (non-hydrogen) atoms. The first-order chi connectivity index (χ1) is 9.73. The van der Waals surface area contributed by atoms with Crippen LogP contribution >= 0.6 is 0 Å². The van der Waals surface area contributed by atoms with E-state index in [-0.39, 0.29) is 11.4 Å². The number of carbonyl (C=O) groups excluding carboxylic acids is 1. The van der Waals surface area contributed by atoms with E-state index in [9.17, 15) is 4.79 Å². The van der Waals surface area contributed by atoms with Gasteiger partial charge in [-0.15, -0.1) is 0 Å². The number of carbonyl (C=O) groups is 1. The fraction of sp³-hybridized carbons (Fsp3) is 0.588. The van der Waals surface area contributed by atoms with Gasteiger partial charge in [0.25, 0.3) is 0 Å². The Balaban J connectivity index is 1.66. The van der Waals surface area contributed by atoms with E-state index in [0.29, 0.717) is 6.04 Å². The van der Waals surface area contributed by atoms with Crippen LogP contribution in [-0.2, 0) is 17.6 Å². The van der Waals surface area contributed by atoms with Gasteiger partial charge >= 0.3 is 0 Å². The number of hydrogen-bond donors (Lipinski definition) is 2. The van der Waals surface area contributed by atoms with Crippen LogP contribution in [0.25, 0.3) is 0 Å². The molecule has 1 fully saturated rings. The zero-order chi connectivity index (χ0) is 14.0. The zero-order valence-corrected chi connectivity index (χ0v) is 12.2. The number of hydrogen-bond acceptors (Lipinski definition) is 2. The Morgan fingerprint density at radius 1 is 1.40 bits per heavy atom. The second-order valence-corrected chi connectivity index (χ2v) is 6.15. The molecule has 3 nitrogen and oxygen atoms in total. The summed E-state index contributed by atoms with van der Waals surface area (Å²) in [4.78, 5) is 12.6. The predicted molar refractivity (Wildman–Crippen MR) is 80.7 cm³/mol. The van der Waals surface area contributed by atoms with Gasteiger partial charge in [0.05, 0.1) is 5.54 Å². The van der Waals surface area contributed by atoms with Crippen molar-refractivity contribution in [2.75, 3.05) is 6.54 Å². The van der Waals surface area contributed by atoms with Gasteiger partial charge in [-0.25, -0.2) is 0 Å². The first-order valence-electron chi connectivity index (χ1n) is 7.86. The minimum Gasteiger partial charge on any atom is -0.351 e. The van der Waals surface area contributed by atoms with Crippen molar-refractivity contribution >= 4 is 5.91 Å². The lowest BCUT2D eigenvalue weighted by molar-refractivity contribution is -0.128. The van der Waals surface area contributed by atoms with E-state index >= 15 is 0 Å². The number of aryl methyl sites for hydroxylation is 1. The minimum absolute atomic E-state index is 0.210. The van der Waals surface area contributed by atoms with E-state index < -0.39 is 0 Å². The Hall–Kier alpha value is -1.35. The lowest BCUT2D eigenvalue weighted by Crippen LogP contribution is -2.56. The maximum atomic E-state index is 12.6. The van der Waals surface area contributed by atoms with E-state index in [4.69, 9.17) is 0 Å². The summed E-state index contributed by atoms with van der Waals surface area (Å²) in [6.07, 6.45) is 6.06. The minimum atomic E-state index is -0.309. The number of fused-ring (bicyclic) bond motifs is 1. The Kier molecular flexibility index (Phi) is 3.79. The first kappa shape index (κ1) is 13.6. The predicted octanol–water partition coefficient (Wildman–Crippen LogP) is 2.19. The summed E-state index contributed by atoms with van der Waals surface area (Å²) >= 11 is 0. The van der Waals surface area contributed by atoms with Gasteiger partial charge < -0.3 is 10.6 Å². The smallest absolute Gasteiger partial charge is 0.240 e. The number of rotatable bonds is 3. The average Bonchev–Trinajstić information content (AvgIpc) is 2.97. The van der Waals surface area contributed by atoms with Crippen molar-refractivity contribution in [3.63, 3.8) is 0 Å². The third kappa shape index (κ3) is 2.47. The lowest BCUT2D eigenvalue weighted by Gasteiger charge is -2.32. The van der Waals surface area contributed by atoms with Crippen LogP contribution in [0, 0.1) is 0 Å². The van der Waals surface area contributed by atoms with Gasteiger partial charge in [0, 0.05) is 6.04 Å². The molecule has 1 amide bonds. The van der Waals surface area contributed by atoms with Crippen LogP contribution in [0.5, 0.6) is 0 Å². The third-order valence-electron chi connectivity index (χ3n) is 4.96. The standard InChI is InChI=1S/C17H24N2O/c1-2-17(10-5-11-18-17)16(20)19-15-9-8-13-6-3-4-7-14(13)12-15/h3-4,6-7,15,18H,2,5,8-12H2,1H3,(H,19,20). The van der Waals surface area contributed by atoms with Gasteiger partial charge in [0.15, 0.2) is 0 Å². The Morgan fingerprint density at radius 3 is 2.90 bits per heavy atom. The SMILES string of the molecule is CCC1(C(=O)NC2CCc3ccccc3C2)CCCN1. The molecule has 1 aromatic carbocycles. The van der Waals surface area contributed by atoms with Crippen molar-refractivity contribution in [1.82, 2.24) is 10.6 Å². The molecular weight excluding hydrogens is 248 g/mol. The van der Waals surface area contributed by atoms with E-state index in [1.807, 2.05) is 0 Å². The molecule has 3 rings (SSSR count). The molecule has 1 aliphatic carbocycles. The van der Waals surface area contributed by atoms with Crippen LogP contribution in [0.1, 0.15) is 43.7 Å². The first-order valence-corrected chi connectivity index (χ1v) is 7.86. The maximum Gasteiger partial charge on any atom is 0.240 e. The highest BCUT2D eigenvalue weighted by molar-refractivity contribution is 5.87. The fourth-order valence-electron chi connectivity index (χ4n) is 3.61. The Morgan fingerprint density at radius 2 is 2.20 bits per heavy atom. The molecule has 0 saturated carbocycles. The summed E-state index contributed by atoms with van der Waals surface area (Å²) < 4.78 is 0. The van der Waals surface area contributed by atoms with Crippen molar-refractivity contribution in [2.45, 2.75) is 57.0 Å². The highest BCUT2D eigenvalue weighted by Gasteiger charge is 2.39. The quantitative estimate of drug-likeness (QED) is 0.885. The van der Waals surface area contributed by atoms with Crippen molar-refractivity contribution in [2.24, 2.45) is 0 Å². The van der Waals surface area contributed by atoms with Crippen LogP contribution < -0.4 is 10.6 Å². The highest BCUT2D eigenvalue weighted by atomic mass is 16.2. The van der Waals surface area contributed by atoms with Crippen molar-refractivity contribution in [3.8, 4) is 0 Å². The summed E-state index contributed by atoms with van der Waals surface area (Å²) in [5.74, 6) is 0.210. The molecule has 1 saturated heterocycles. The molecule has 0 radical (unpaired) electrons. The molecule has 108 valence electrons. The van der Waals surface area contributed by atoms with Crippen LogP contribution in [0.4, 0.5) is 0 Å². The van der Waals surface area contributed by atoms with Crippen LogP contribution in [0.15, 0.2) is 24.3 Å². The molecule has 1 aromatic rings. The van der Waals surface area contributed by atoms with E-state index in [1.54, 1.807) is 0 Å². The fourth-order valence-corrected chi connectivity index (χ4v) is 3.61. The van der Waals surface area contributed by atoms with E-state index in [1.165, 1.54) is 11.1 Å². The molecule has 2 aliphatic rings. The van der Waals surface area contributed by atoms with E-state index in [0.717, 1.165) is 45.1 Å². The molecular formula is C17H24N2O. The molecule has 0 bridgehead atoms. The summed E-state index contributed by atoms with van der Waals surface area (Å²) in [7, 11) is 0. The molecule has 2 N–H and O–H groups in total. The van der Waals surface area contributed by atoms with Gasteiger partial charge in [-0.2, -0.15) is 0 Å². The van der Waals surface area contributed by atoms with Gasteiger partial charge in [-0.3, -0.25) is 4.79 Å². The highest BCUT2D eigenvalue weighted by Crippen LogP contribution is 2.25. The van der Waals surface area contributed by atoms with Gasteiger partial charge in [-0.05, 0) is 56.2 Å². The summed E-state index contributed by atoms with van der Waals surface area (Å²) in [6, 6.07) is 8.89. The second-order valence-electron chi connectivity index (χ2n) is 6.15. The largest absolute Gasteiger partial charge is 0.351 e. The Labute approximate surface area is 121 Å². The third-order valence-corrected chi connectivity index (χ3v) is 4.96. The molecule has 2 atom stereocenters. The molecule has 3 heteroatoms. The molecule has 2 unspecified atom stereocenters. The van der Waals surface area contributed by atoms with Gasteiger partial charge in [0.2, 0.25) is 5.91 Å². The van der Waals surface area contributed by atoms with Crippen LogP contribution in [0.2, 0.25) is 0 Å². The molecule has 1 aliphatic heterocycles. The number of nitrogens with one attached hydrogen (secondary N) is 2. The number of amides is 1. The molecule has 0 spiro atoms. The average molecular weight is 272 g/mol. The van der Waals surface area contributed by atoms with Crippen molar-refractivity contribution in [1.29, 1.82) is 0 Å². The van der Waals surface area contributed by atoms with E-state index in [2.05, 4.69) is 41.8 Å². The van der Waals surface area contributed by atoms with Crippen molar-refractivity contribution < 1.29 is 4.79 Å². The van der Waals surface area contributed by atoms with Gasteiger partial charge in [-0.1, -0.05) is 31.2 Å².